The molecule has 0 rings (SSSR count). The molecule has 3 heteroatoms. The van der Waals surface area contributed by atoms with Gasteiger partial charge in [0.15, 0.2) is 0 Å². The van der Waals surface area contributed by atoms with Crippen LogP contribution in [-0.2, 0) is 4.74 Å². The van der Waals surface area contributed by atoms with Crippen LogP contribution in [0, 0.1) is 0 Å². The van der Waals surface area contributed by atoms with Crippen molar-refractivity contribution < 1.29 is 14.2 Å². The summed E-state index contributed by atoms with van der Waals surface area (Å²) in [5.41, 5.74) is 0. The Morgan fingerprint density at radius 3 is 2.60 bits per heavy atom. The van der Waals surface area contributed by atoms with E-state index in [9.17, 15) is 4.39 Å². The Morgan fingerprint density at radius 2 is 2.20 bits per heavy atom. The second kappa shape index (κ2) is 5.62. The predicted octanol–water partition coefficient (Wildman–Crippen LogP) is 1.13. The van der Waals surface area contributed by atoms with Crippen molar-refractivity contribution in [3.8, 4) is 0 Å². The maximum atomic E-state index is 12.3. The lowest BCUT2D eigenvalue weighted by atomic mass is 10.3. The van der Waals surface area contributed by atoms with Gasteiger partial charge in [0.05, 0.1) is 19.3 Å². The summed E-state index contributed by atoms with van der Waals surface area (Å²) in [5.74, 6) is 0. The Hall–Kier alpha value is -0.150. The lowest BCUT2D eigenvalue weighted by molar-refractivity contribution is 0.0101. The van der Waals surface area contributed by atoms with E-state index in [1.165, 1.54) is 0 Å². The van der Waals surface area contributed by atoms with Gasteiger partial charge in [-0.3, -0.25) is 0 Å². The Bertz CT molecular complexity index is 68.0. The van der Waals surface area contributed by atoms with Crippen molar-refractivity contribution in [2.24, 2.45) is 0 Å². The molecule has 0 spiro atoms. The summed E-state index contributed by atoms with van der Waals surface area (Å²) in [4.78, 5) is 0. The first-order valence-electron chi connectivity index (χ1n) is 3.57. The van der Waals surface area contributed by atoms with Gasteiger partial charge in [0.2, 0.25) is 0 Å². The number of aliphatic hydroxyl groups excluding tert-OH is 1. The van der Waals surface area contributed by atoms with Gasteiger partial charge < -0.3 is 9.84 Å². The fraction of sp³-hybridized carbons (Fsp3) is 1.00. The van der Waals surface area contributed by atoms with Gasteiger partial charge in [-0.15, -0.1) is 0 Å². The molecule has 0 saturated carbocycles. The Labute approximate surface area is 61.0 Å². The van der Waals surface area contributed by atoms with E-state index in [1.54, 1.807) is 0 Å². The van der Waals surface area contributed by atoms with Crippen LogP contribution in [0.4, 0.5) is 4.39 Å². The zero-order chi connectivity index (χ0) is 7.98. The minimum absolute atomic E-state index is 0.00546. The second-order valence-electron chi connectivity index (χ2n) is 2.33. The van der Waals surface area contributed by atoms with Crippen LogP contribution in [-0.4, -0.2) is 30.6 Å². The zero-order valence-corrected chi connectivity index (χ0v) is 6.51. The van der Waals surface area contributed by atoms with Crippen LogP contribution < -0.4 is 0 Å². The van der Waals surface area contributed by atoms with Gasteiger partial charge in [-0.05, 0) is 13.3 Å². The molecule has 62 valence electrons. The van der Waals surface area contributed by atoms with Gasteiger partial charge >= 0.3 is 0 Å². The maximum absolute atomic E-state index is 12.3. The SMILES string of the molecule is CCC(C)OCC(F)CO. The van der Waals surface area contributed by atoms with Crippen molar-refractivity contribution in [3.05, 3.63) is 0 Å². The van der Waals surface area contributed by atoms with Gasteiger partial charge in [-0.25, -0.2) is 4.39 Å². The molecule has 2 atom stereocenters. The van der Waals surface area contributed by atoms with E-state index in [2.05, 4.69) is 0 Å². The summed E-state index contributed by atoms with van der Waals surface area (Å²) in [7, 11) is 0. The summed E-state index contributed by atoms with van der Waals surface area (Å²) < 4.78 is 17.3. The predicted molar refractivity (Wildman–Crippen MR) is 37.7 cm³/mol. The van der Waals surface area contributed by atoms with Crippen LogP contribution in [0.1, 0.15) is 20.3 Å². The van der Waals surface area contributed by atoms with Crippen molar-refractivity contribution >= 4 is 0 Å². The average molecular weight is 150 g/mol. The monoisotopic (exact) mass is 150 g/mol. The lowest BCUT2D eigenvalue weighted by Gasteiger charge is -2.11. The summed E-state index contributed by atoms with van der Waals surface area (Å²) in [5, 5.41) is 8.27. The second-order valence-corrected chi connectivity index (χ2v) is 2.33. The van der Waals surface area contributed by atoms with Crippen molar-refractivity contribution in [1.82, 2.24) is 0 Å². The molecule has 2 nitrogen and oxygen atoms in total. The van der Waals surface area contributed by atoms with Gasteiger partial charge in [-0.1, -0.05) is 6.92 Å². The van der Waals surface area contributed by atoms with Crippen molar-refractivity contribution in [1.29, 1.82) is 0 Å². The largest absolute Gasteiger partial charge is 0.393 e. The molecule has 0 aliphatic heterocycles. The first kappa shape index (κ1) is 9.85. The van der Waals surface area contributed by atoms with Crippen LogP contribution >= 0.6 is 0 Å². The molecule has 0 aromatic carbocycles. The number of alkyl halides is 1. The molecular weight excluding hydrogens is 135 g/mol. The zero-order valence-electron chi connectivity index (χ0n) is 6.51. The standard InChI is InChI=1S/C7H15FO2/c1-3-6(2)10-5-7(8)4-9/h6-7,9H,3-5H2,1-2H3. The fourth-order valence-corrected chi connectivity index (χ4v) is 0.439. The maximum Gasteiger partial charge on any atom is 0.146 e. The normalized spacial score (nSPS) is 16.8. The molecule has 0 aliphatic carbocycles. The summed E-state index contributed by atoms with van der Waals surface area (Å²) in [6, 6.07) is 0. The molecule has 0 saturated heterocycles. The molecule has 0 fully saturated rings. The van der Waals surface area contributed by atoms with E-state index in [-0.39, 0.29) is 12.7 Å². The highest BCUT2D eigenvalue weighted by atomic mass is 19.1. The van der Waals surface area contributed by atoms with E-state index < -0.39 is 12.8 Å². The van der Waals surface area contributed by atoms with Gasteiger partial charge in [0, 0.05) is 0 Å². The molecule has 0 radical (unpaired) electrons. The molecule has 0 heterocycles. The number of aliphatic hydroxyl groups is 1. The van der Waals surface area contributed by atoms with E-state index in [4.69, 9.17) is 9.84 Å². The molecule has 0 aromatic heterocycles. The molecule has 0 aliphatic rings. The first-order valence-corrected chi connectivity index (χ1v) is 3.57. The Kier molecular flexibility index (Phi) is 5.54. The highest BCUT2D eigenvalue weighted by molar-refractivity contribution is 4.52. The third-order valence-electron chi connectivity index (χ3n) is 1.33. The molecule has 0 bridgehead atoms. The molecule has 0 aromatic rings. The molecule has 10 heavy (non-hydrogen) atoms. The van der Waals surface area contributed by atoms with Crippen molar-refractivity contribution in [2.45, 2.75) is 32.5 Å². The quantitative estimate of drug-likeness (QED) is 0.636. The third-order valence-corrected chi connectivity index (χ3v) is 1.33. The summed E-state index contributed by atoms with van der Waals surface area (Å²) in [6.45, 7) is 3.41. The molecule has 1 N–H and O–H groups in total. The summed E-state index contributed by atoms with van der Waals surface area (Å²) >= 11 is 0. The van der Waals surface area contributed by atoms with Crippen LogP contribution in [0.3, 0.4) is 0 Å². The van der Waals surface area contributed by atoms with E-state index >= 15 is 0 Å². The minimum atomic E-state index is -1.23. The van der Waals surface area contributed by atoms with Gasteiger partial charge in [0.1, 0.15) is 6.17 Å². The van der Waals surface area contributed by atoms with Crippen LogP contribution in [0.2, 0.25) is 0 Å². The van der Waals surface area contributed by atoms with Crippen LogP contribution in [0.15, 0.2) is 0 Å². The smallest absolute Gasteiger partial charge is 0.146 e. The number of hydrogen-bond donors (Lipinski definition) is 1. The van der Waals surface area contributed by atoms with Crippen molar-refractivity contribution in [2.75, 3.05) is 13.2 Å². The first-order chi connectivity index (χ1) is 4.70. The number of ether oxygens (including phenoxy) is 1. The van der Waals surface area contributed by atoms with Crippen LogP contribution in [0.25, 0.3) is 0 Å². The van der Waals surface area contributed by atoms with E-state index in [0.29, 0.717) is 0 Å². The molecule has 0 amide bonds. The highest BCUT2D eigenvalue weighted by Gasteiger charge is 2.06. The third kappa shape index (κ3) is 4.70. The van der Waals surface area contributed by atoms with Gasteiger partial charge in [0.25, 0.3) is 0 Å². The Balaban J connectivity index is 3.17. The number of hydrogen-bond acceptors (Lipinski definition) is 2. The topological polar surface area (TPSA) is 29.5 Å². The fourth-order valence-electron chi connectivity index (χ4n) is 0.439. The molecule has 2 unspecified atom stereocenters. The minimum Gasteiger partial charge on any atom is -0.393 e. The number of halogens is 1. The van der Waals surface area contributed by atoms with E-state index in [1.807, 2.05) is 13.8 Å². The van der Waals surface area contributed by atoms with E-state index in [0.717, 1.165) is 6.42 Å². The summed E-state index contributed by atoms with van der Waals surface area (Å²) in [6.07, 6.45) is -0.267. The highest BCUT2D eigenvalue weighted by Crippen LogP contribution is 1.98. The Morgan fingerprint density at radius 1 is 1.60 bits per heavy atom. The van der Waals surface area contributed by atoms with Gasteiger partial charge in [-0.2, -0.15) is 0 Å². The lowest BCUT2D eigenvalue weighted by Crippen LogP contribution is -2.18. The van der Waals surface area contributed by atoms with Crippen LogP contribution in [0.5, 0.6) is 0 Å². The molecular formula is C7H15FO2. The number of rotatable bonds is 5. The van der Waals surface area contributed by atoms with Crippen molar-refractivity contribution in [3.63, 3.8) is 0 Å². The average Bonchev–Trinajstić information content (AvgIpc) is 1.99.